The van der Waals surface area contributed by atoms with Gasteiger partial charge in [0.1, 0.15) is 5.69 Å². The molecule has 110 valence electrons. The van der Waals surface area contributed by atoms with Crippen LogP contribution in [0.3, 0.4) is 0 Å². The van der Waals surface area contributed by atoms with Crippen LogP contribution in [0.25, 0.3) is 33.7 Å². The fourth-order valence-electron chi connectivity index (χ4n) is 2.70. The lowest BCUT2D eigenvalue weighted by atomic mass is 9.96. The van der Waals surface area contributed by atoms with E-state index in [9.17, 15) is 0 Å². The molecule has 0 aliphatic rings. The van der Waals surface area contributed by atoms with Gasteiger partial charge in [-0.2, -0.15) is 0 Å². The highest BCUT2D eigenvalue weighted by Gasteiger charge is 2.17. The summed E-state index contributed by atoms with van der Waals surface area (Å²) in [7, 11) is 0. The second kappa shape index (κ2) is 5.89. The molecule has 1 aromatic heterocycles. The van der Waals surface area contributed by atoms with Crippen LogP contribution >= 0.6 is 0 Å². The molecule has 0 bridgehead atoms. The van der Waals surface area contributed by atoms with E-state index in [0.29, 0.717) is 5.76 Å². The average molecular weight is 298 g/mol. The van der Waals surface area contributed by atoms with Gasteiger partial charge in [0.2, 0.25) is 0 Å². The Bertz CT molecular complexity index is 915. The van der Waals surface area contributed by atoms with Gasteiger partial charge >= 0.3 is 0 Å². The first-order valence-corrected chi connectivity index (χ1v) is 7.46. The third-order valence-electron chi connectivity index (χ3n) is 3.79. The first-order chi connectivity index (χ1) is 11.4. The molecule has 4 rings (SSSR count). The van der Waals surface area contributed by atoms with Gasteiger partial charge in [-0.3, -0.25) is 0 Å². The Morgan fingerprint density at radius 3 is 1.83 bits per heavy atom. The zero-order valence-corrected chi connectivity index (χ0v) is 12.4. The van der Waals surface area contributed by atoms with Gasteiger partial charge in [-0.05, 0) is 11.1 Å². The second-order valence-corrected chi connectivity index (χ2v) is 5.23. The summed E-state index contributed by atoms with van der Waals surface area (Å²) in [6, 6.07) is 28.4. The van der Waals surface area contributed by atoms with Crippen molar-refractivity contribution < 1.29 is 4.52 Å². The largest absolute Gasteiger partial charge is 0.336 e. The van der Waals surface area contributed by atoms with Crippen molar-refractivity contribution >= 4 is 0 Å². The van der Waals surface area contributed by atoms with E-state index in [1.807, 2.05) is 66.7 Å². The first-order valence-electron chi connectivity index (χ1n) is 7.46. The van der Waals surface area contributed by atoms with Crippen LogP contribution in [0.1, 0.15) is 0 Å². The highest BCUT2D eigenvalue weighted by molar-refractivity contribution is 5.87. The SMILES string of the molecule is c1ccc(-c2ccccc2-c2nnoc2-c2ccccc2)cc1. The van der Waals surface area contributed by atoms with E-state index in [-0.39, 0.29) is 0 Å². The molecule has 0 spiro atoms. The maximum absolute atomic E-state index is 5.43. The number of hydrogen-bond acceptors (Lipinski definition) is 3. The summed E-state index contributed by atoms with van der Waals surface area (Å²) in [5.41, 5.74) is 5.00. The van der Waals surface area contributed by atoms with Gasteiger partial charge in [-0.25, -0.2) is 0 Å². The van der Waals surface area contributed by atoms with Crippen LogP contribution in [-0.4, -0.2) is 10.4 Å². The quantitative estimate of drug-likeness (QED) is 0.530. The van der Waals surface area contributed by atoms with Crippen molar-refractivity contribution in [3.8, 4) is 33.7 Å². The molecular formula is C20H14N2O. The number of rotatable bonds is 3. The van der Waals surface area contributed by atoms with E-state index in [4.69, 9.17) is 4.52 Å². The molecule has 1 heterocycles. The van der Waals surface area contributed by atoms with Crippen LogP contribution in [0.2, 0.25) is 0 Å². The van der Waals surface area contributed by atoms with Gasteiger partial charge in [-0.1, -0.05) is 84.9 Å². The summed E-state index contributed by atoms with van der Waals surface area (Å²) in [4.78, 5) is 0. The van der Waals surface area contributed by atoms with Crippen LogP contribution in [0, 0.1) is 0 Å². The van der Waals surface area contributed by atoms with Crippen LogP contribution in [0.15, 0.2) is 89.5 Å². The molecule has 0 aliphatic carbocycles. The lowest BCUT2D eigenvalue weighted by Crippen LogP contribution is -1.87. The lowest BCUT2D eigenvalue weighted by Gasteiger charge is -2.08. The number of hydrogen-bond donors (Lipinski definition) is 0. The summed E-state index contributed by atoms with van der Waals surface area (Å²) in [6.07, 6.45) is 0. The molecule has 0 fully saturated rings. The van der Waals surface area contributed by atoms with E-state index in [2.05, 4.69) is 28.6 Å². The molecule has 3 aromatic carbocycles. The summed E-state index contributed by atoms with van der Waals surface area (Å²) in [5.74, 6) is 0.689. The summed E-state index contributed by atoms with van der Waals surface area (Å²) < 4.78 is 5.43. The molecular weight excluding hydrogens is 284 g/mol. The Kier molecular flexibility index (Phi) is 3.45. The van der Waals surface area contributed by atoms with Crippen LogP contribution in [-0.2, 0) is 0 Å². The van der Waals surface area contributed by atoms with Crippen molar-refractivity contribution in [1.82, 2.24) is 10.4 Å². The minimum Gasteiger partial charge on any atom is -0.336 e. The Labute approximate surface area is 134 Å². The van der Waals surface area contributed by atoms with Gasteiger partial charge < -0.3 is 4.52 Å². The lowest BCUT2D eigenvalue weighted by molar-refractivity contribution is 0.403. The topological polar surface area (TPSA) is 38.9 Å². The van der Waals surface area contributed by atoms with Gasteiger partial charge in [0, 0.05) is 16.4 Å². The van der Waals surface area contributed by atoms with E-state index < -0.39 is 0 Å². The Morgan fingerprint density at radius 1 is 0.565 bits per heavy atom. The predicted molar refractivity (Wildman–Crippen MR) is 90.6 cm³/mol. The molecule has 0 atom stereocenters. The molecule has 4 aromatic rings. The van der Waals surface area contributed by atoms with Crippen molar-refractivity contribution in [3.63, 3.8) is 0 Å². The summed E-state index contributed by atoms with van der Waals surface area (Å²) in [6.45, 7) is 0. The van der Waals surface area contributed by atoms with Crippen molar-refractivity contribution in [3.05, 3.63) is 84.9 Å². The highest BCUT2D eigenvalue weighted by Crippen LogP contribution is 2.36. The third kappa shape index (κ3) is 2.53. The van der Waals surface area contributed by atoms with Crippen molar-refractivity contribution in [2.45, 2.75) is 0 Å². The first kappa shape index (κ1) is 13.5. The minimum absolute atomic E-state index is 0.689. The Morgan fingerprint density at radius 2 is 1.13 bits per heavy atom. The molecule has 23 heavy (non-hydrogen) atoms. The zero-order valence-electron chi connectivity index (χ0n) is 12.4. The molecule has 0 radical (unpaired) electrons. The van der Waals surface area contributed by atoms with Gasteiger partial charge in [0.15, 0.2) is 5.76 Å². The number of aromatic nitrogens is 2. The standard InChI is InChI=1S/C20H14N2O/c1-3-9-15(10-4-1)17-13-7-8-14-18(17)19-20(23-22-21-19)16-11-5-2-6-12-16/h1-14H. The minimum atomic E-state index is 0.689. The van der Waals surface area contributed by atoms with E-state index >= 15 is 0 Å². The van der Waals surface area contributed by atoms with Crippen LogP contribution < -0.4 is 0 Å². The highest BCUT2D eigenvalue weighted by atomic mass is 16.5. The van der Waals surface area contributed by atoms with Crippen molar-refractivity contribution in [2.75, 3.05) is 0 Å². The molecule has 0 saturated heterocycles. The van der Waals surface area contributed by atoms with E-state index in [1.54, 1.807) is 0 Å². The monoisotopic (exact) mass is 298 g/mol. The predicted octanol–water partition coefficient (Wildman–Crippen LogP) is 5.07. The fourth-order valence-corrected chi connectivity index (χ4v) is 2.70. The molecule has 0 aliphatic heterocycles. The third-order valence-corrected chi connectivity index (χ3v) is 3.79. The fraction of sp³-hybridized carbons (Fsp3) is 0. The Hall–Kier alpha value is -3.20. The zero-order chi connectivity index (χ0) is 15.5. The molecule has 0 N–H and O–H groups in total. The van der Waals surface area contributed by atoms with Crippen LogP contribution in [0.5, 0.6) is 0 Å². The van der Waals surface area contributed by atoms with E-state index in [1.165, 1.54) is 0 Å². The van der Waals surface area contributed by atoms with Gasteiger partial charge in [-0.15, -0.1) is 5.10 Å². The smallest absolute Gasteiger partial charge is 0.195 e. The molecule has 0 amide bonds. The number of nitrogens with zero attached hydrogens (tertiary/aromatic N) is 2. The summed E-state index contributed by atoms with van der Waals surface area (Å²) in [5, 5.41) is 8.02. The molecule has 0 unspecified atom stereocenters. The molecule has 3 nitrogen and oxygen atoms in total. The van der Waals surface area contributed by atoms with Crippen molar-refractivity contribution in [2.24, 2.45) is 0 Å². The van der Waals surface area contributed by atoms with Crippen molar-refractivity contribution in [1.29, 1.82) is 0 Å². The second-order valence-electron chi connectivity index (χ2n) is 5.23. The van der Waals surface area contributed by atoms with Crippen LogP contribution in [0.4, 0.5) is 0 Å². The average Bonchev–Trinajstić information content (AvgIpc) is 3.13. The van der Waals surface area contributed by atoms with E-state index in [0.717, 1.165) is 27.9 Å². The summed E-state index contributed by atoms with van der Waals surface area (Å²) >= 11 is 0. The molecule has 3 heteroatoms. The molecule has 0 saturated carbocycles. The maximum Gasteiger partial charge on any atom is 0.195 e. The normalized spacial score (nSPS) is 10.6. The van der Waals surface area contributed by atoms with Gasteiger partial charge in [0.05, 0.1) is 0 Å². The number of benzene rings is 3. The Balaban J connectivity index is 1.90. The maximum atomic E-state index is 5.43. The van der Waals surface area contributed by atoms with Gasteiger partial charge in [0.25, 0.3) is 0 Å².